The molecule has 144 valence electrons. The summed E-state index contributed by atoms with van der Waals surface area (Å²) in [7, 11) is -3.59. The molecule has 8 nitrogen and oxygen atoms in total. The van der Waals surface area contributed by atoms with Gasteiger partial charge in [-0.05, 0) is 25.0 Å². The van der Waals surface area contributed by atoms with Gasteiger partial charge in [-0.1, -0.05) is 0 Å². The third kappa shape index (κ3) is 3.69. The fourth-order valence-electron chi connectivity index (χ4n) is 3.38. The van der Waals surface area contributed by atoms with Gasteiger partial charge in [-0.15, -0.1) is 11.3 Å². The van der Waals surface area contributed by atoms with E-state index in [0.717, 1.165) is 37.3 Å². The number of aromatic nitrogens is 2. The average Bonchev–Trinajstić information content (AvgIpc) is 3.41. The number of nitrogens with zero attached hydrogens (tertiary/aromatic N) is 5. The first-order valence-corrected chi connectivity index (χ1v) is 11.3. The number of hydrogen-bond acceptors (Lipinski definition) is 7. The highest BCUT2D eigenvalue weighted by Crippen LogP contribution is 2.26. The van der Waals surface area contributed by atoms with Crippen molar-refractivity contribution in [3.63, 3.8) is 0 Å². The summed E-state index contributed by atoms with van der Waals surface area (Å²) in [6.07, 6.45) is 5.37. The lowest BCUT2D eigenvalue weighted by Crippen LogP contribution is -2.49. The van der Waals surface area contributed by atoms with Crippen molar-refractivity contribution in [2.75, 3.05) is 44.2 Å². The summed E-state index contributed by atoms with van der Waals surface area (Å²) < 4.78 is 27.6. The van der Waals surface area contributed by atoms with Gasteiger partial charge in [0.15, 0.2) is 0 Å². The first kappa shape index (κ1) is 18.3. The molecule has 0 saturated carbocycles. The molecule has 0 radical (unpaired) electrons. The molecule has 2 aliphatic rings. The highest BCUT2D eigenvalue weighted by Gasteiger charge is 2.31. The maximum absolute atomic E-state index is 12.9. The van der Waals surface area contributed by atoms with E-state index < -0.39 is 10.0 Å². The molecule has 4 heterocycles. The largest absolute Gasteiger partial charge is 0.339 e. The normalized spacial score (nSPS) is 18.8. The van der Waals surface area contributed by atoms with E-state index in [4.69, 9.17) is 0 Å². The van der Waals surface area contributed by atoms with Gasteiger partial charge in [0.25, 0.3) is 15.9 Å². The Labute approximate surface area is 162 Å². The van der Waals surface area contributed by atoms with Crippen molar-refractivity contribution in [1.82, 2.24) is 19.2 Å². The highest BCUT2D eigenvalue weighted by molar-refractivity contribution is 7.91. The lowest BCUT2D eigenvalue weighted by molar-refractivity contribution is 0.0793. The van der Waals surface area contributed by atoms with E-state index in [1.165, 1.54) is 10.4 Å². The molecule has 4 rings (SSSR count). The average molecular weight is 408 g/mol. The van der Waals surface area contributed by atoms with E-state index in [0.29, 0.717) is 37.7 Å². The summed E-state index contributed by atoms with van der Waals surface area (Å²) >= 11 is 1.12. The number of thiophene rings is 1. The van der Waals surface area contributed by atoms with Gasteiger partial charge < -0.3 is 9.80 Å². The number of carbonyl (C=O) groups excluding carboxylic acids is 1. The van der Waals surface area contributed by atoms with Gasteiger partial charge in [-0.3, -0.25) is 4.79 Å². The molecule has 0 N–H and O–H groups in total. The van der Waals surface area contributed by atoms with Gasteiger partial charge in [0.05, 0.1) is 5.56 Å². The molecule has 2 fully saturated rings. The van der Waals surface area contributed by atoms with Crippen molar-refractivity contribution in [1.29, 1.82) is 0 Å². The Morgan fingerprint density at radius 3 is 2.33 bits per heavy atom. The van der Waals surface area contributed by atoms with Gasteiger partial charge in [-0.2, -0.15) is 4.31 Å². The minimum absolute atomic E-state index is 0.0729. The van der Waals surface area contributed by atoms with E-state index in [-0.39, 0.29) is 10.1 Å². The Morgan fingerprint density at radius 1 is 1.00 bits per heavy atom. The van der Waals surface area contributed by atoms with Crippen molar-refractivity contribution >= 4 is 33.2 Å². The van der Waals surface area contributed by atoms with Crippen LogP contribution in [0.1, 0.15) is 23.2 Å². The van der Waals surface area contributed by atoms with E-state index in [2.05, 4.69) is 9.97 Å². The van der Waals surface area contributed by atoms with Gasteiger partial charge in [0, 0.05) is 57.0 Å². The molecule has 2 aromatic rings. The van der Waals surface area contributed by atoms with E-state index in [9.17, 15) is 13.2 Å². The second kappa shape index (κ2) is 7.53. The lowest BCUT2D eigenvalue weighted by atomic mass is 10.3. The summed E-state index contributed by atoms with van der Waals surface area (Å²) in [5.41, 5.74) is 0.469. The quantitative estimate of drug-likeness (QED) is 0.759. The first-order chi connectivity index (χ1) is 13.1. The molecule has 2 saturated heterocycles. The Morgan fingerprint density at radius 2 is 1.67 bits per heavy atom. The van der Waals surface area contributed by atoms with Crippen LogP contribution >= 0.6 is 11.3 Å². The molecule has 0 aliphatic carbocycles. The summed E-state index contributed by atoms with van der Waals surface area (Å²) in [6.45, 7) is 3.31. The third-order valence-corrected chi connectivity index (χ3v) is 8.20. The van der Waals surface area contributed by atoms with Crippen LogP contribution in [0.5, 0.6) is 0 Å². The molecule has 0 atom stereocenters. The minimum Gasteiger partial charge on any atom is -0.339 e. The third-order valence-electron chi connectivity index (χ3n) is 4.88. The Hall–Kier alpha value is -2.04. The number of sulfonamides is 1. The van der Waals surface area contributed by atoms with Gasteiger partial charge in [0.2, 0.25) is 5.95 Å². The molecular weight excluding hydrogens is 386 g/mol. The predicted octanol–water partition coefficient (Wildman–Crippen LogP) is 1.28. The number of amides is 1. The van der Waals surface area contributed by atoms with Crippen molar-refractivity contribution < 1.29 is 13.2 Å². The maximum Gasteiger partial charge on any atom is 0.254 e. The smallest absolute Gasteiger partial charge is 0.254 e. The number of carbonyl (C=O) groups is 1. The standard InChI is InChI=1S/C17H21N5O3S2/c23-16(20-6-1-2-7-20)14-12-15(26-13-14)27(24,25)22-10-8-21(9-11-22)17-18-4-3-5-19-17/h3-5,12-13H,1-2,6-11H2. The topological polar surface area (TPSA) is 86.7 Å². The van der Waals surface area contributed by atoms with Crippen LogP contribution in [0.25, 0.3) is 0 Å². The monoisotopic (exact) mass is 407 g/mol. The fourth-order valence-corrected chi connectivity index (χ4v) is 6.11. The molecule has 0 unspecified atom stereocenters. The SMILES string of the molecule is O=C(c1csc(S(=O)(=O)N2CCN(c3ncccn3)CC2)c1)N1CCCC1. The van der Waals surface area contributed by atoms with Crippen LogP contribution in [-0.2, 0) is 10.0 Å². The molecule has 2 aliphatic heterocycles. The van der Waals surface area contributed by atoms with Gasteiger partial charge in [-0.25, -0.2) is 18.4 Å². The zero-order valence-electron chi connectivity index (χ0n) is 14.8. The van der Waals surface area contributed by atoms with Crippen LogP contribution in [-0.4, -0.2) is 72.8 Å². The first-order valence-electron chi connectivity index (χ1n) is 8.95. The van der Waals surface area contributed by atoms with E-state index in [1.54, 1.807) is 28.7 Å². The van der Waals surface area contributed by atoms with E-state index >= 15 is 0 Å². The minimum atomic E-state index is -3.59. The van der Waals surface area contributed by atoms with Crippen LogP contribution < -0.4 is 4.90 Å². The Bertz CT molecular complexity index is 902. The van der Waals surface area contributed by atoms with Crippen LogP contribution in [0, 0.1) is 0 Å². The molecule has 0 bridgehead atoms. The fraction of sp³-hybridized carbons (Fsp3) is 0.471. The highest BCUT2D eigenvalue weighted by atomic mass is 32.2. The molecule has 27 heavy (non-hydrogen) atoms. The van der Waals surface area contributed by atoms with Gasteiger partial charge >= 0.3 is 0 Å². The van der Waals surface area contributed by atoms with Gasteiger partial charge in [0.1, 0.15) is 4.21 Å². The second-order valence-electron chi connectivity index (χ2n) is 6.59. The summed E-state index contributed by atoms with van der Waals surface area (Å²) in [5.74, 6) is 0.542. The number of hydrogen-bond donors (Lipinski definition) is 0. The van der Waals surface area contributed by atoms with Crippen LogP contribution in [0.15, 0.2) is 34.1 Å². The van der Waals surface area contributed by atoms with Crippen LogP contribution in [0.3, 0.4) is 0 Å². The predicted molar refractivity (Wildman–Crippen MR) is 102 cm³/mol. The van der Waals surface area contributed by atoms with Crippen molar-refractivity contribution in [2.45, 2.75) is 17.1 Å². The molecular formula is C17H21N5O3S2. The molecule has 0 aromatic carbocycles. The van der Waals surface area contributed by atoms with Crippen molar-refractivity contribution in [3.05, 3.63) is 35.5 Å². The summed E-state index contributed by atoms with van der Waals surface area (Å²) in [5, 5.41) is 1.65. The van der Waals surface area contributed by atoms with E-state index in [1.807, 2.05) is 4.90 Å². The number of anilines is 1. The zero-order valence-corrected chi connectivity index (χ0v) is 16.5. The number of rotatable bonds is 4. The molecule has 1 amide bonds. The summed E-state index contributed by atoms with van der Waals surface area (Å²) in [4.78, 5) is 24.7. The second-order valence-corrected chi connectivity index (χ2v) is 9.67. The Kier molecular flexibility index (Phi) is 5.11. The number of piperazine rings is 1. The van der Waals surface area contributed by atoms with Crippen LogP contribution in [0.4, 0.5) is 5.95 Å². The summed E-state index contributed by atoms with van der Waals surface area (Å²) in [6, 6.07) is 3.27. The van der Waals surface area contributed by atoms with Crippen molar-refractivity contribution in [2.24, 2.45) is 0 Å². The molecule has 0 spiro atoms. The lowest BCUT2D eigenvalue weighted by Gasteiger charge is -2.33. The molecule has 2 aromatic heterocycles. The van der Waals surface area contributed by atoms with Crippen LogP contribution in [0.2, 0.25) is 0 Å². The number of likely N-dealkylation sites (tertiary alicyclic amines) is 1. The molecule has 10 heteroatoms. The maximum atomic E-state index is 12.9. The van der Waals surface area contributed by atoms with Crippen molar-refractivity contribution in [3.8, 4) is 0 Å². The zero-order chi connectivity index (χ0) is 18.9. The Balaban J connectivity index is 1.44.